The maximum Gasteiger partial charge on any atom is 0.247 e. The van der Waals surface area contributed by atoms with Crippen LogP contribution in [0.1, 0.15) is 43.2 Å². The first kappa shape index (κ1) is 24.0. The Kier molecular flexibility index (Phi) is 7.65. The number of benzene rings is 2. The molecule has 4 atom stereocenters. The summed E-state index contributed by atoms with van der Waals surface area (Å²) in [6.45, 7) is 2.29. The molecule has 0 fully saturated rings. The molecule has 180 valence electrons. The van der Waals surface area contributed by atoms with Gasteiger partial charge in [-0.3, -0.25) is 9.59 Å². The van der Waals surface area contributed by atoms with Gasteiger partial charge in [-0.15, -0.1) is 0 Å². The van der Waals surface area contributed by atoms with Crippen LogP contribution in [0.15, 0.2) is 66.2 Å². The van der Waals surface area contributed by atoms with Gasteiger partial charge in [0.15, 0.2) is 0 Å². The van der Waals surface area contributed by atoms with Crippen LogP contribution in [0.3, 0.4) is 0 Å². The third-order valence-corrected chi connectivity index (χ3v) is 6.50. The number of ether oxygens (including phenoxy) is 1. The van der Waals surface area contributed by atoms with E-state index in [-0.39, 0.29) is 25.0 Å². The lowest BCUT2D eigenvalue weighted by Gasteiger charge is -2.41. The number of carbonyl (C=O) groups is 2. The van der Waals surface area contributed by atoms with Crippen LogP contribution in [0.2, 0.25) is 0 Å². The molecule has 0 saturated heterocycles. The monoisotopic (exact) mass is 464 g/mol. The third-order valence-electron chi connectivity index (χ3n) is 6.50. The topological polar surface area (TPSA) is 99.1 Å². The van der Waals surface area contributed by atoms with Crippen molar-refractivity contribution in [1.29, 1.82) is 0 Å². The highest BCUT2D eigenvalue weighted by Gasteiger charge is 2.50. The third kappa shape index (κ3) is 4.86. The van der Waals surface area contributed by atoms with Crippen LogP contribution in [-0.2, 0) is 16.1 Å². The average molecular weight is 465 g/mol. The molecule has 2 aromatic carbocycles. The number of nitrogens with zero attached hydrogens (tertiary/aromatic N) is 1. The number of para-hydroxylation sites is 1. The summed E-state index contributed by atoms with van der Waals surface area (Å²) in [5.41, 5.74) is 2.22. The van der Waals surface area contributed by atoms with E-state index in [1.54, 1.807) is 11.0 Å². The summed E-state index contributed by atoms with van der Waals surface area (Å²) in [4.78, 5) is 28.1. The van der Waals surface area contributed by atoms with Crippen LogP contribution < -0.4 is 10.1 Å². The molecule has 0 bridgehead atoms. The molecule has 2 aliphatic rings. The van der Waals surface area contributed by atoms with Crippen LogP contribution in [0, 0.1) is 0 Å². The first-order valence-electron chi connectivity index (χ1n) is 11.9. The predicted octanol–water partition coefficient (Wildman–Crippen LogP) is 2.53. The normalized spacial score (nSPS) is 22.7. The summed E-state index contributed by atoms with van der Waals surface area (Å²) < 4.78 is 6.14. The number of nitrogens with one attached hydrogen (secondary N) is 1. The fourth-order valence-electron chi connectivity index (χ4n) is 4.80. The van der Waals surface area contributed by atoms with E-state index in [9.17, 15) is 19.8 Å². The van der Waals surface area contributed by atoms with Gasteiger partial charge in [0.2, 0.25) is 11.8 Å². The van der Waals surface area contributed by atoms with Crippen molar-refractivity contribution in [3.63, 3.8) is 0 Å². The van der Waals surface area contributed by atoms with Crippen molar-refractivity contribution in [3.05, 3.63) is 77.4 Å². The molecule has 0 radical (unpaired) electrons. The van der Waals surface area contributed by atoms with E-state index in [1.807, 2.05) is 61.5 Å². The molecule has 0 spiro atoms. The summed E-state index contributed by atoms with van der Waals surface area (Å²) >= 11 is 0. The van der Waals surface area contributed by atoms with Crippen LogP contribution in [-0.4, -0.2) is 58.3 Å². The lowest BCUT2D eigenvalue weighted by atomic mass is 9.77. The molecule has 4 unspecified atom stereocenters. The largest absolute Gasteiger partial charge is 0.486 e. The van der Waals surface area contributed by atoms with Crippen molar-refractivity contribution >= 4 is 11.8 Å². The van der Waals surface area contributed by atoms with Crippen LogP contribution in [0.4, 0.5) is 0 Å². The Morgan fingerprint density at radius 3 is 2.56 bits per heavy atom. The molecule has 7 heteroatoms. The van der Waals surface area contributed by atoms with E-state index in [0.29, 0.717) is 24.3 Å². The zero-order valence-electron chi connectivity index (χ0n) is 19.4. The molecule has 1 heterocycles. The van der Waals surface area contributed by atoms with E-state index >= 15 is 0 Å². The summed E-state index contributed by atoms with van der Waals surface area (Å²) in [5.74, 6) is -0.229. The Bertz CT molecular complexity index is 1040. The van der Waals surface area contributed by atoms with Gasteiger partial charge < -0.3 is 25.2 Å². The fraction of sp³-hybridized carbons (Fsp3) is 0.407. The zero-order chi connectivity index (χ0) is 24.1. The van der Waals surface area contributed by atoms with Gasteiger partial charge in [0.25, 0.3) is 0 Å². The quantitative estimate of drug-likeness (QED) is 0.530. The Balaban J connectivity index is 1.74. The minimum absolute atomic E-state index is 0.0740. The van der Waals surface area contributed by atoms with E-state index in [4.69, 9.17) is 4.74 Å². The Morgan fingerprint density at radius 2 is 1.82 bits per heavy atom. The highest BCUT2D eigenvalue weighted by Crippen LogP contribution is 2.47. The molecule has 0 saturated carbocycles. The van der Waals surface area contributed by atoms with Crippen LogP contribution in [0.25, 0.3) is 0 Å². The maximum atomic E-state index is 13.3. The number of carbonyl (C=O) groups excluding carboxylic acids is 2. The van der Waals surface area contributed by atoms with Crippen molar-refractivity contribution in [1.82, 2.24) is 10.2 Å². The summed E-state index contributed by atoms with van der Waals surface area (Å²) in [6, 6.07) is 16.4. The van der Waals surface area contributed by atoms with E-state index in [1.165, 1.54) is 0 Å². The second-order valence-corrected chi connectivity index (χ2v) is 8.79. The SMILES string of the molecule is CCCCC(=O)N(Cc1ccccc1)C1C=C(C(=O)NCCO)C2c3ccccc3OC2C1O. The van der Waals surface area contributed by atoms with Crippen molar-refractivity contribution in [3.8, 4) is 5.75 Å². The lowest BCUT2D eigenvalue weighted by Crippen LogP contribution is -2.55. The standard InChI is InChI=1S/C27H32N2O5/c1-2-3-13-23(31)29(17-18-9-5-4-6-10-18)21-16-20(27(33)28-14-15-30)24-19-11-7-8-12-22(19)34-26(24)25(21)32/h4-12,16,21,24-26,30,32H,2-3,13-15,17H2,1H3,(H,28,33). The summed E-state index contributed by atoms with van der Waals surface area (Å²) in [7, 11) is 0. The van der Waals surface area contributed by atoms with Gasteiger partial charge >= 0.3 is 0 Å². The van der Waals surface area contributed by atoms with Gasteiger partial charge in [-0.2, -0.15) is 0 Å². The number of unbranched alkanes of at least 4 members (excludes halogenated alkanes) is 1. The van der Waals surface area contributed by atoms with Gasteiger partial charge in [0.1, 0.15) is 18.0 Å². The van der Waals surface area contributed by atoms with Crippen LogP contribution >= 0.6 is 0 Å². The second kappa shape index (κ2) is 10.8. The number of rotatable bonds is 9. The molecular weight excluding hydrogens is 432 g/mol. The first-order valence-corrected chi connectivity index (χ1v) is 11.9. The fourth-order valence-corrected chi connectivity index (χ4v) is 4.80. The van der Waals surface area contributed by atoms with Crippen molar-refractivity contribution in [2.75, 3.05) is 13.2 Å². The van der Waals surface area contributed by atoms with Crippen molar-refractivity contribution < 1.29 is 24.5 Å². The summed E-state index contributed by atoms with van der Waals surface area (Å²) in [5, 5.41) is 23.4. The number of fused-ring (bicyclic) bond motifs is 3. The number of hydrogen-bond donors (Lipinski definition) is 3. The average Bonchev–Trinajstić information content (AvgIpc) is 3.26. The smallest absolute Gasteiger partial charge is 0.247 e. The summed E-state index contributed by atoms with van der Waals surface area (Å²) in [6.07, 6.45) is 2.00. The van der Waals surface area contributed by atoms with Gasteiger partial charge in [-0.05, 0) is 24.1 Å². The molecular formula is C27H32N2O5. The Labute approximate surface area is 200 Å². The Hall–Kier alpha value is -3.16. The van der Waals surface area contributed by atoms with Gasteiger partial charge in [-0.25, -0.2) is 0 Å². The van der Waals surface area contributed by atoms with Crippen molar-refractivity contribution in [2.24, 2.45) is 0 Å². The van der Waals surface area contributed by atoms with Gasteiger partial charge in [0.05, 0.1) is 18.6 Å². The lowest BCUT2D eigenvalue weighted by molar-refractivity contribution is -0.138. The molecule has 2 amide bonds. The molecule has 34 heavy (non-hydrogen) atoms. The van der Waals surface area contributed by atoms with Crippen molar-refractivity contribution in [2.45, 2.75) is 56.9 Å². The highest BCUT2D eigenvalue weighted by molar-refractivity contribution is 5.96. The molecule has 1 aliphatic heterocycles. The molecule has 3 N–H and O–H groups in total. The molecule has 1 aliphatic carbocycles. The van der Waals surface area contributed by atoms with Gasteiger partial charge in [-0.1, -0.05) is 61.9 Å². The highest BCUT2D eigenvalue weighted by atomic mass is 16.5. The second-order valence-electron chi connectivity index (χ2n) is 8.79. The van der Waals surface area contributed by atoms with E-state index < -0.39 is 24.2 Å². The minimum atomic E-state index is -1.01. The zero-order valence-corrected chi connectivity index (χ0v) is 19.4. The van der Waals surface area contributed by atoms with Crippen LogP contribution in [0.5, 0.6) is 5.75 Å². The first-order chi connectivity index (χ1) is 16.5. The molecule has 0 aromatic heterocycles. The molecule has 2 aromatic rings. The number of hydrogen-bond acceptors (Lipinski definition) is 5. The molecule has 7 nitrogen and oxygen atoms in total. The Morgan fingerprint density at radius 1 is 1.09 bits per heavy atom. The maximum absolute atomic E-state index is 13.3. The predicted molar refractivity (Wildman–Crippen MR) is 128 cm³/mol. The molecule has 4 rings (SSSR count). The number of aliphatic hydroxyl groups is 2. The minimum Gasteiger partial charge on any atom is -0.486 e. The van der Waals surface area contributed by atoms with E-state index in [2.05, 4.69) is 5.32 Å². The van der Waals surface area contributed by atoms with Gasteiger partial charge in [0, 0.05) is 30.6 Å². The number of aliphatic hydroxyl groups excluding tert-OH is 2. The van der Waals surface area contributed by atoms with E-state index in [0.717, 1.165) is 24.0 Å². The number of amides is 2.